The molecular formula is C23H24N6O3S. The number of amides is 4. The first kappa shape index (κ1) is 22.4. The van der Waals surface area contributed by atoms with Crippen molar-refractivity contribution in [3.8, 4) is 0 Å². The molecule has 1 aliphatic carbocycles. The zero-order valence-corrected chi connectivity index (χ0v) is 18.9. The third-order valence-corrected chi connectivity index (χ3v) is 6.66. The first-order valence-electron chi connectivity index (χ1n) is 10.6. The Balaban J connectivity index is 1.69. The molecular weight excluding hydrogens is 440 g/mol. The van der Waals surface area contributed by atoms with Crippen molar-refractivity contribution in [2.75, 3.05) is 10.2 Å². The summed E-state index contributed by atoms with van der Waals surface area (Å²) in [5, 5.41) is 9.42. The fourth-order valence-corrected chi connectivity index (χ4v) is 5.19. The first-order valence-corrected chi connectivity index (χ1v) is 11.4. The molecule has 1 fully saturated rings. The average Bonchev–Trinajstić information content (AvgIpc) is 3.39. The van der Waals surface area contributed by atoms with Gasteiger partial charge in [-0.05, 0) is 44.4 Å². The third kappa shape index (κ3) is 4.17. The maximum absolute atomic E-state index is 13.2. The van der Waals surface area contributed by atoms with Gasteiger partial charge in [0.2, 0.25) is 5.91 Å². The number of hydrogen-bond acceptors (Lipinski definition) is 6. The van der Waals surface area contributed by atoms with E-state index in [4.69, 9.17) is 0 Å². The molecule has 3 heterocycles. The molecule has 9 nitrogen and oxygen atoms in total. The van der Waals surface area contributed by atoms with Gasteiger partial charge in [0.15, 0.2) is 0 Å². The zero-order chi connectivity index (χ0) is 23.5. The SMILES string of the molecule is C=C/N=C(\C=C\C)N1C(=O)Nc2c(C(=O)NC3CCCC3NC(=O)C=C)sc3nccc1c23. The topological polar surface area (TPSA) is 116 Å². The summed E-state index contributed by atoms with van der Waals surface area (Å²) in [4.78, 5) is 49.1. The number of nitrogens with zero attached hydrogens (tertiary/aromatic N) is 3. The van der Waals surface area contributed by atoms with Gasteiger partial charge < -0.3 is 16.0 Å². The van der Waals surface area contributed by atoms with Crippen LogP contribution < -0.4 is 20.9 Å². The quantitative estimate of drug-likeness (QED) is 0.343. The number of amidine groups is 1. The van der Waals surface area contributed by atoms with Crippen LogP contribution >= 0.6 is 11.3 Å². The third-order valence-electron chi connectivity index (χ3n) is 5.57. The summed E-state index contributed by atoms with van der Waals surface area (Å²) in [5.74, 6) is -0.185. The molecule has 10 heteroatoms. The minimum absolute atomic E-state index is 0.164. The molecule has 4 amide bonds. The van der Waals surface area contributed by atoms with Crippen molar-refractivity contribution >= 4 is 56.6 Å². The number of anilines is 2. The van der Waals surface area contributed by atoms with Crippen LogP contribution in [0, 0.1) is 0 Å². The largest absolute Gasteiger partial charge is 0.348 e. The van der Waals surface area contributed by atoms with Crippen LogP contribution in [0.4, 0.5) is 16.2 Å². The Morgan fingerprint density at radius 2 is 2.06 bits per heavy atom. The van der Waals surface area contributed by atoms with Crippen LogP contribution in [0.1, 0.15) is 35.9 Å². The van der Waals surface area contributed by atoms with Gasteiger partial charge in [0.05, 0.1) is 16.8 Å². The van der Waals surface area contributed by atoms with Crippen molar-refractivity contribution in [3.63, 3.8) is 0 Å². The highest BCUT2D eigenvalue weighted by Gasteiger charge is 2.35. The van der Waals surface area contributed by atoms with Crippen molar-refractivity contribution in [2.24, 2.45) is 4.99 Å². The van der Waals surface area contributed by atoms with Gasteiger partial charge in [0, 0.05) is 24.5 Å². The lowest BCUT2D eigenvalue weighted by molar-refractivity contribution is -0.117. The van der Waals surface area contributed by atoms with Crippen LogP contribution in [0.15, 0.2) is 54.8 Å². The molecule has 4 rings (SSSR count). The molecule has 2 atom stereocenters. The van der Waals surface area contributed by atoms with Gasteiger partial charge in [-0.25, -0.2) is 19.7 Å². The molecule has 0 bridgehead atoms. The van der Waals surface area contributed by atoms with Crippen LogP contribution in [0.2, 0.25) is 0 Å². The van der Waals surface area contributed by atoms with E-state index in [0.29, 0.717) is 32.3 Å². The molecule has 2 aromatic heterocycles. The summed E-state index contributed by atoms with van der Waals surface area (Å²) >= 11 is 1.21. The summed E-state index contributed by atoms with van der Waals surface area (Å²) in [6, 6.07) is 0.919. The average molecular weight is 465 g/mol. The predicted octanol–water partition coefficient (Wildman–Crippen LogP) is 3.72. The molecule has 0 spiro atoms. The fourth-order valence-electron chi connectivity index (χ4n) is 4.17. The van der Waals surface area contributed by atoms with E-state index in [9.17, 15) is 14.4 Å². The maximum Gasteiger partial charge on any atom is 0.332 e. The molecule has 2 unspecified atom stereocenters. The number of nitrogens with one attached hydrogen (secondary N) is 3. The van der Waals surface area contributed by atoms with Crippen molar-refractivity contribution in [2.45, 2.75) is 38.3 Å². The molecule has 2 aliphatic rings. The van der Waals surface area contributed by atoms with Crippen LogP contribution in [0.3, 0.4) is 0 Å². The Hall–Kier alpha value is -3.79. The number of rotatable bonds is 6. The highest BCUT2D eigenvalue weighted by Crippen LogP contribution is 2.43. The minimum atomic E-state index is -0.432. The number of thiophene rings is 1. The van der Waals surface area contributed by atoms with E-state index in [1.807, 2.05) is 6.92 Å². The van der Waals surface area contributed by atoms with E-state index < -0.39 is 6.03 Å². The number of aliphatic imine (C=N–C) groups is 1. The van der Waals surface area contributed by atoms with E-state index >= 15 is 0 Å². The normalized spacial score (nSPS) is 20.1. The maximum atomic E-state index is 13.2. The molecule has 2 aromatic rings. The van der Waals surface area contributed by atoms with E-state index in [-0.39, 0.29) is 23.9 Å². The molecule has 33 heavy (non-hydrogen) atoms. The van der Waals surface area contributed by atoms with Gasteiger partial charge in [0.1, 0.15) is 15.5 Å². The van der Waals surface area contributed by atoms with E-state index in [0.717, 1.165) is 19.3 Å². The number of allylic oxidation sites excluding steroid dienone is 1. The van der Waals surface area contributed by atoms with Crippen molar-refractivity contribution < 1.29 is 14.4 Å². The van der Waals surface area contributed by atoms with Crippen molar-refractivity contribution in [1.82, 2.24) is 15.6 Å². The number of hydrogen-bond donors (Lipinski definition) is 3. The van der Waals surface area contributed by atoms with Gasteiger partial charge in [-0.3, -0.25) is 9.59 Å². The Labute approximate surface area is 195 Å². The first-order chi connectivity index (χ1) is 16.0. The molecule has 3 N–H and O–H groups in total. The summed E-state index contributed by atoms with van der Waals surface area (Å²) in [7, 11) is 0. The summed E-state index contributed by atoms with van der Waals surface area (Å²) in [5.41, 5.74) is 1.02. The van der Waals surface area contributed by atoms with Crippen LogP contribution in [0.25, 0.3) is 10.2 Å². The predicted molar refractivity (Wildman–Crippen MR) is 131 cm³/mol. The van der Waals surface area contributed by atoms with Crippen LogP contribution in [-0.4, -0.2) is 40.7 Å². The van der Waals surface area contributed by atoms with E-state index in [2.05, 4.69) is 39.1 Å². The lowest BCUT2D eigenvalue weighted by atomic mass is 10.1. The smallest absolute Gasteiger partial charge is 0.332 e. The van der Waals surface area contributed by atoms with Gasteiger partial charge in [-0.2, -0.15) is 0 Å². The zero-order valence-electron chi connectivity index (χ0n) is 18.1. The number of carbonyl (C=O) groups excluding carboxylic acids is 3. The van der Waals surface area contributed by atoms with Crippen molar-refractivity contribution in [1.29, 1.82) is 0 Å². The molecule has 0 radical (unpaired) electrons. The summed E-state index contributed by atoms with van der Waals surface area (Å²) < 4.78 is 0. The Morgan fingerprint density at radius 1 is 1.30 bits per heavy atom. The van der Waals surface area contributed by atoms with Crippen LogP contribution in [0.5, 0.6) is 0 Å². The summed E-state index contributed by atoms with van der Waals surface area (Å²) in [6.07, 6.45) is 10.1. The molecule has 1 aliphatic heterocycles. The van der Waals surface area contributed by atoms with E-state index in [1.54, 1.807) is 24.4 Å². The second kappa shape index (κ2) is 9.37. The fraction of sp³-hybridized carbons (Fsp3) is 0.261. The lowest BCUT2D eigenvalue weighted by Gasteiger charge is -2.28. The Kier molecular flexibility index (Phi) is 6.36. The second-order valence-electron chi connectivity index (χ2n) is 7.58. The number of pyridine rings is 1. The standard InChI is InChI=1S/C23H24N6O3S/c1-4-8-16(24-6-3)29-15-11-12-25-22-18(15)19(28-23(29)32)20(33-22)21(31)27-14-10-7-9-13(14)26-17(30)5-2/h4-6,8,11-14H,2-3,7,9-10H2,1H3,(H,26,30)(H,27,31)(H,28,32)/b8-4+,24-16+. The lowest BCUT2D eigenvalue weighted by Crippen LogP contribution is -2.48. The minimum Gasteiger partial charge on any atom is -0.348 e. The highest BCUT2D eigenvalue weighted by atomic mass is 32.1. The van der Waals surface area contributed by atoms with Crippen molar-refractivity contribution in [3.05, 3.63) is 54.7 Å². The Morgan fingerprint density at radius 3 is 2.76 bits per heavy atom. The van der Waals surface area contributed by atoms with E-state index in [1.165, 1.54) is 28.5 Å². The molecule has 0 saturated heterocycles. The van der Waals surface area contributed by atoms with Gasteiger partial charge in [0.25, 0.3) is 5.91 Å². The number of urea groups is 1. The molecule has 1 saturated carbocycles. The van der Waals surface area contributed by atoms with Gasteiger partial charge >= 0.3 is 6.03 Å². The van der Waals surface area contributed by atoms with Gasteiger partial charge in [-0.15, -0.1) is 11.3 Å². The summed E-state index contributed by atoms with van der Waals surface area (Å²) in [6.45, 7) is 8.93. The number of carbonyl (C=O) groups is 3. The number of aromatic nitrogens is 1. The Bertz CT molecular complexity index is 1210. The monoisotopic (exact) mass is 464 g/mol. The molecule has 0 aromatic carbocycles. The molecule has 170 valence electrons. The van der Waals surface area contributed by atoms with Crippen LogP contribution in [-0.2, 0) is 4.79 Å². The second-order valence-corrected chi connectivity index (χ2v) is 8.58. The van der Waals surface area contributed by atoms with Gasteiger partial charge in [-0.1, -0.05) is 19.2 Å². The highest BCUT2D eigenvalue weighted by molar-refractivity contribution is 7.21.